The highest BCUT2D eigenvalue weighted by molar-refractivity contribution is 5.10. The van der Waals surface area contributed by atoms with E-state index in [0.29, 0.717) is 11.3 Å². The highest BCUT2D eigenvalue weighted by atomic mass is 16.3. The van der Waals surface area contributed by atoms with Gasteiger partial charge in [0.05, 0.1) is 12.2 Å². The summed E-state index contributed by atoms with van der Waals surface area (Å²) >= 11 is 0. The molecular weight excluding hydrogens is 270 g/mol. The van der Waals surface area contributed by atoms with Gasteiger partial charge in [-0.1, -0.05) is 13.8 Å². The molecule has 2 unspecified atom stereocenters. The van der Waals surface area contributed by atoms with Gasteiger partial charge in [0, 0.05) is 5.92 Å². The Morgan fingerprint density at radius 3 is 2.41 bits per heavy atom. The smallest absolute Gasteiger partial charge is 0.0655 e. The summed E-state index contributed by atoms with van der Waals surface area (Å²) in [6.45, 7) is 4.92. The lowest BCUT2D eigenvalue weighted by molar-refractivity contribution is -0.124. The van der Waals surface area contributed by atoms with Crippen molar-refractivity contribution in [3.63, 3.8) is 0 Å². The third-order valence-electron chi connectivity index (χ3n) is 8.80. The summed E-state index contributed by atoms with van der Waals surface area (Å²) in [6.07, 6.45) is 11.0. The number of aliphatic hydroxyl groups excluding tert-OH is 1. The molecule has 0 saturated heterocycles. The summed E-state index contributed by atoms with van der Waals surface area (Å²) < 4.78 is 0. The van der Waals surface area contributed by atoms with Gasteiger partial charge in [-0.3, -0.25) is 0 Å². The molecule has 1 N–H and O–H groups in total. The summed E-state index contributed by atoms with van der Waals surface area (Å²) in [4.78, 5) is 0. The number of aliphatic hydroxyl groups is 1. The van der Waals surface area contributed by atoms with Crippen molar-refractivity contribution in [3.05, 3.63) is 0 Å². The van der Waals surface area contributed by atoms with Crippen LogP contribution in [-0.4, -0.2) is 11.2 Å². The lowest BCUT2D eigenvalue weighted by Gasteiger charge is -2.60. The van der Waals surface area contributed by atoms with Gasteiger partial charge in [-0.05, 0) is 92.3 Å². The molecule has 122 valence electrons. The zero-order valence-corrected chi connectivity index (χ0v) is 14.2. The van der Waals surface area contributed by atoms with Crippen LogP contribution in [0.4, 0.5) is 0 Å². The molecule has 0 spiro atoms. The second-order valence-corrected chi connectivity index (χ2v) is 9.39. The Kier molecular flexibility index (Phi) is 3.39. The van der Waals surface area contributed by atoms with Crippen molar-refractivity contribution in [1.29, 1.82) is 5.26 Å². The van der Waals surface area contributed by atoms with Crippen LogP contribution < -0.4 is 0 Å². The molecule has 4 aliphatic rings. The van der Waals surface area contributed by atoms with E-state index in [4.69, 9.17) is 0 Å². The first-order chi connectivity index (χ1) is 10.5. The van der Waals surface area contributed by atoms with E-state index in [2.05, 4.69) is 19.9 Å². The highest BCUT2D eigenvalue weighted by Gasteiger charge is 2.59. The van der Waals surface area contributed by atoms with Crippen molar-refractivity contribution < 1.29 is 5.11 Å². The molecule has 0 aromatic carbocycles. The van der Waals surface area contributed by atoms with Crippen LogP contribution in [0.1, 0.15) is 71.6 Å². The number of fused-ring (bicyclic) bond motifs is 5. The van der Waals surface area contributed by atoms with Crippen molar-refractivity contribution in [2.75, 3.05) is 0 Å². The molecule has 0 heterocycles. The van der Waals surface area contributed by atoms with Gasteiger partial charge in [0.25, 0.3) is 0 Å². The van der Waals surface area contributed by atoms with Crippen molar-refractivity contribution in [1.82, 2.24) is 0 Å². The van der Waals surface area contributed by atoms with Crippen LogP contribution in [0.2, 0.25) is 0 Å². The summed E-state index contributed by atoms with van der Waals surface area (Å²) in [7, 11) is 0. The van der Waals surface area contributed by atoms with E-state index in [1.165, 1.54) is 38.5 Å². The van der Waals surface area contributed by atoms with Gasteiger partial charge in [-0.25, -0.2) is 0 Å². The summed E-state index contributed by atoms with van der Waals surface area (Å²) in [6, 6.07) is 2.54. The topological polar surface area (TPSA) is 44.0 Å². The Balaban J connectivity index is 1.61. The molecule has 0 aliphatic heterocycles. The maximum atomic E-state index is 10.5. The van der Waals surface area contributed by atoms with E-state index in [9.17, 15) is 10.4 Å². The Labute approximate surface area is 135 Å². The molecule has 8 atom stereocenters. The molecule has 4 saturated carbocycles. The Morgan fingerprint density at radius 1 is 0.909 bits per heavy atom. The molecular formula is C20H31NO. The van der Waals surface area contributed by atoms with Gasteiger partial charge in [-0.2, -0.15) is 5.26 Å². The standard InChI is InChI=1S/C20H31NO/c1-19-9-7-13(12-21)11-14(19)3-4-15-16-5-6-18(22)20(16,2)10-8-17(15)19/h13-18,22H,3-11H2,1-2H3/t13?,14?,15-,16-,17-,18-,19-,20-/m0/s1. The maximum Gasteiger partial charge on any atom is 0.0655 e. The van der Waals surface area contributed by atoms with Crippen LogP contribution in [0.5, 0.6) is 0 Å². The average Bonchev–Trinajstić information content (AvgIpc) is 2.82. The van der Waals surface area contributed by atoms with E-state index < -0.39 is 0 Å². The van der Waals surface area contributed by atoms with Crippen LogP contribution in [0.25, 0.3) is 0 Å². The van der Waals surface area contributed by atoms with E-state index >= 15 is 0 Å². The predicted molar refractivity (Wildman–Crippen MR) is 86.8 cm³/mol. The molecule has 4 rings (SSSR count). The quantitative estimate of drug-likeness (QED) is 0.714. The molecule has 2 heteroatoms. The molecule has 0 aromatic rings. The van der Waals surface area contributed by atoms with Gasteiger partial charge in [0.15, 0.2) is 0 Å². The van der Waals surface area contributed by atoms with Crippen molar-refractivity contribution in [2.24, 2.45) is 40.4 Å². The monoisotopic (exact) mass is 301 g/mol. The Morgan fingerprint density at radius 2 is 1.64 bits per heavy atom. The number of nitriles is 1. The predicted octanol–water partition coefficient (Wildman–Crippen LogP) is 4.53. The molecule has 2 nitrogen and oxygen atoms in total. The van der Waals surface area contributed by atoms with Gasteiger partial charge in [0.2, 0.25) is 0 Å². The number of hydrogen-bond donors (Lipinski definition) is 1. The zero-order chi connectivity index (χ0) is 15.5. The molecule has 0 aromatic heterocycles. The Bertz CT molecular complexity index is 496. The van der Waals surface area contributed by atoms with E-state index in [-0.39, 0.29) is 11.5 Å². The summed E-state index contributed by atoms with van der Waals surface area (Å²) in [5.74, 6) is 3.55. The molecule has 0 bridgehead atoms. The Hall–Kier alpha value is -0.550. The normalized spacial score (nSPS) is 57.4. The molecule has 4 aliphatic carbocycles. The van der Waals surface area contributed by atoms with Crippen molar-refractivity contribution in [2.45, 2.75) is 77.7 Å². The first-order valence-corrected chi connectivity index (χ1v) is 9.56. The maximum absolute atomic E-state index is 10.5. The largest absolute Gasteiger partial charge is 0.393 e. The van der Waals surface area contributed by atoms with Gasteiger partial charge >= 0.3 is 0 Å². The lowest BCUT2D eigenvalue weighted by atomic mass is 9.44. The number of nitrogens with zero attached hydrogens (tertiary/aromatic N) is 1. The van der Waals surface area contributed by atoms with Gasteiger partial charge in [-0.15, -0.1) is 0 Å². The van der Waals surface area contributed by atoms with Crippen LogP contribution in [0.3, 0.4) is 0 Å². The minimum absolute atomic E-state index is 0.0571. The van der Waals surface area contributed by atoms with Crippen molar-refractivity contribution >= 4 is 0 Å². The first kappa shape index (κ1) is 15.0. The highest BCUT2D eigenvalue weighted by Crippen LogP contribution is 2.66. The van der Waals surface area contributed by atoms with E-state index in [1.807, 2.05) is 0 Å². The van der Waals surface area contributed by atoms with Crippen LogP contribution in [0, 0.1) is 51.8 Å². The third-order valence-corrected chi connectivity index (χ3v) is 8.80. The SMILES string of the molecule is C[C@]12CC[C@H]3[C@@H](CCC4CC(C#N)CC[C@@]43C)[C@@H]1CC[C@@H]2O. The van der Waals surface area contributed by atoms with E-state index in [0.717, 1.165) is 42.9 Å². The zero-order valence-electron chi connectivity index (χ0n) is 14.2. The lowest BCUT2D eigenvalue weighted by Crippen LogP contribution is -2.53. The molecule has 22 heavy (non-hydrogen) atoms. The fraction of sp³-hybridized carbons (Fsp3) is 0.950. The third kappa shape index (κ3) is 1.87. The fourth-order valence-corrected chi connectivity index (χ4v) is 7.35. The van der Waals surface area contributed by atoms with Crippen LogP contribution in [0.15, 0.2) is 0 Å². The summed E-state index contributed by atoms with van der Waals surface area (Å²) in [5.41, 5.74) is 0.680. The van der Waals surface area contributed by atoms with Crippen LogP contribution >= 0.6 is 0 Å². The van der Waals surface area contributed by atoms with Crippen molar-refractivity contribution in [3.8, 4) is 6.07 Å². The van der Waals surface area contributed by atoms with Crippen LogP contribution in [-0.2, 0) is 0 Å². The molecule has 0 radical (unpaired) electrons. The molecule has 0 amide bonds. The fourth-order valence-electron chi connectivity index (χ4n) is 7.35. The second-order valence-electron chi connectivity index (χ2n) is 9.39. The average molecular weight is 301 g/mol. The van der Waals surface area contributed by atoms with Gasteiger partial charge in [0.1, 0.15) is 0 Å². The minimum Gasteiger partial charge on any atom is -0.393 e. The first-order valence-electron chi connectivity index (χ1n) is 9.56. The minimum atomic E-state index is -0.0571. The second kappa shape index (κ2) is 4.97. The van der Waals surface area contributed by atoms with E-state index in [1.54, 1.807) is 0 Å². The summed E-state index contributed by atoms with van der Waals surface area (Å²) in [5, 5.41) is 19.8. The number of rotatable bonds is 0. The molecule has 4 fully saturated rings. The van der Waals surface area contributed by atoms with Gasteiger partial charge < -0.3 is 5.11 Å². The number of hydrogen-bond acceptors (Lipinski definition) is 2.